The summed E-state index contributed by atoms with van der Waals surface area (Å²) in [4.78, 5) is 23.4. The Labute approximate surface area is 113 Å². The Bertz CT molecular complexity index is 348. The molecule has 0 amide bonds. The average Bonchev–Trinajstić information content (AvgIpc) is 2.86. The SMILES string of the molecule is C1CCC2(C1)OOC1(OO2)C2CC3CC(C2)CC1C3. The highest BCUT2D eigenvalue weighted by atomic mass is 17.4. The van der Waals surface area contributed by atoms with Gasteiger partial charge in [-0.05, 0) is 56.8 Å². The normalized spacial score (nSPS) is 49.3. The zero-order valence-electron chi connectivity index (χ0n) is 11.3. The van der Waals surface area contributed by atoms with E-state index in [0.717, 1.165) is 37.5 Å². The van der Waals surface area contributed by atoms with E-state index >= 15 is 0 Å². The van der Waals surface area contributed by atoms with Gasteiger partial charge in [-0.1, -0.05) is 0 Å². The van der Waals surface area contributed by atoms with Crippen molar-refractivity contribution in [1.82, 2.24) is 0 Å². The van der Waals surface area contributed by atoms with E-state index < -0.39 is 11.6 Å². The van der Waals surface area contributed by atoms with Gasteiger partial charge in [0.05, 0.1) is 0 Å². The van der Waals surface area contributed by atoms with Gasteiger partial charge in [0.25, 0.3) is 0 Å². The third-order valence-electron chi connectivity index (χ3n) is 6.29. The minimum atomic E-state index is -0.597. The molecule has 0 N–H and O–H groups in total. The van der Waals surface area contributed by atoms with E-state index in [1.807, 2.05) is 0 Å². The molecule has 2 spiro atoms. The third kappa shape index (κ3) is 1.49. The topological polar surface area (TPSA) is 36.9 Å². The van der Waals surface area contributed by atoms with Gasteiger partial charge >= 0.3 is 0 Å². The predicted molar refractivity (Wildman–Crippen MR) is 65.3 cm³/mol. The molecule has 1 heterocycles. The third-order valence-corrected chi connectivity index (χ3v) is 6.29. The lowest BCUT2D eigenvalue weighted by atomic mass is 9.53. The minimum Gasteiger partial charge on any atom is -0.195 e. The maximum atomic E-state index is 5.93. The highest BCUT2D eigenvalue weighted by Crippen LogP contribution is 2.61. The van der Waals surface area contributed by atoms with Gasteiger partial charge in [-0.15, -0.1) is 0 Å². The van der Waals surface area contributed by atoms with Crippen molar-refractivity contribution in [3.63, 3.8) is 0 Å². The standard InChI is InChI=1S/C15H22O4/c1-2-4-14(3-1)16-18-15(19-17-14)12-6-10-5-11(8-12)9-13(15)7-10/h10-13H,1-9H2. The molecule has 1 aliphatic heterocycles. The summed E-state index contributed by atoms with van der Waals surface area (Å²) in [5.74, 6) is 1.55. The smallest absolute Gasteiger partial charge is 0.195 e. The van der Waals surface area contributed by atoms with Gasteiger partial charge in [-0.25, -0.2) is 0 Å². The summed E-state index contributed by atoms with van der Waals surface area (Å²) in [6.07, 6.45) is 10.4. The van der Waals surface area contributed by atoms with Crippen molar-refractivity contribution >= 4 is 0 Å². The van der Waals surface area contributed by atoms with Crippen molar-refractivity contribution in [2.75, 3.05) is 0 Å². The molecule has 5 aliphatic carbocycles. The van der Waals surface area contributed by atoms with E-state index in [9.17, 15) is 0 Å². The Morgan fingerprint density at radius 1 is 0.632 bits per heavy atom. The van der Waals surface area contributed by atoms with Crippen LogP contribution >= 0.6 is 0 Å². The Morgan fingerprint density at radius 2 is 1.16 bits per heavy atom. The summed E-state index contributed by atoms with van der Waals surface area (Å²) in [6, 6.07) is 0. The second kappa shape index (κ2) is 3.73. The summed E-state index contributed by atoms with van der Waals surface area (Å²) in [6.45, 7) is 0. The van der Waals surface area contributed by atoms with Crippen LogP contribution in [0.5, 0.6) is 0 Å². The second-order valence-electron chi connectivity index (χ2n) is 7.48. The molecule has 106 valence electrons. The molecule has 6 rings (SSSR count). The van der Waals surface area contributed by atoms with Gasteiger partial charge in [-0.2, -0.15) is 19.6 Å². The number of rotatable bonds is 0. The molecule has 4 heteroatoms. The van der Waals surface area contributed by atoms with Gasteiger partial charge in [0.15, 0.2) is 0 Å². The van der Waals surface area contributed by atoms with Crippen LogP contribution in [-0.2, 0) is 19.6 Å². The first-order chi connectivity index (χ1) is 9.28. The lowest BCUT2D eigenvalue weighted by molar-refractivity contribution is -0.676. The van der Waals surface area contributed by atoms with Crippen molar-refractivity contribution in [1.29, 1.82) is 0 Å². The molecule has 4 nitrogen and oxygen atoms in total. The lowest BCUT2D eigenvalue weighted by Crippen LogP contribution is -2.64. The van der Waals surface area contributed by atoms with Crippen LogP contribution in [0.4, 0.5) is 0 Å². The van der Waals surface area contributed by atoms with Gasteiger partial charge in [-0.3, -0.25) is 0 Å². The van der Waals surface area contributed by atoms with Crippen LogP contribution in [0.2, 0.25) is 0 Å². The molecule has 0 unspecified atom stereocenters. The van der Waals surface area contributed by atoms with E-state index in [-0.39, 0.29) is 0 Å². The zero-order valence-corrected chi connectivity index (χ0v) is 11.3. The van der Waals surface area contributed by atoms with Crippen LogP contribution in [-0.4, -0.2) is 11.6 Å². The molecule has 1 saturated heterocycles. The summed E-state index contributed by atoms with van der Waals surface area (Å²) >= 11 is 0. The fourth-order valence-corrected chi connectivity index (χ4v) is 5.50. The maximum absolute atomic E-state index is 5.93. The van der Waals surface area contributed by atoms with Crippen molar-refractivity contribution < 1.29 is 19.6 Å². The van der Waals surface area contributed by atoms with Crippen LogP contribution in [0, 0.1) is 23.7 Å². The van der Waals surface area contributed by atoms with Crippen LogP contribution in [0.1, 0.15) is 57.8 Å². The molecule has 0 aromatic carbocycles. The van der Waals surface area contributed by atoms with Crippen molar-refractivity contribution in [2.24, 2.45) is 23.7 Å². The molecule has 0 aromatic rings. The monoisotopic (exact) mass is 266 g/mol. The predicted octanol–water partition coefficient (Wildman–Crippen LogP) is 3.32. The lowest BCUT2D eigenvalue weighted by Gasteiger charge is -2.60. The van der Waals surface area contributed by atoms with Gasteiger partial charge in [0.1, 0.15) is 0 Å². The Hall–Kier alpha value is -0.160. The maximum Gasteiger partial charge on any atom is 0.239 e. The fourth-order valence-electron chi connectivity index (χ4n) is 5.50. The van der Waals surface area contributed by atoms with E-state index in [1.54, 1.807) is 0 Å². The summed E-state index contributed by atoms with van der Waals surface area (Å²) in [5, 5.41) is 0. The first kappa shape index (κ1) is 11.5. The average molecular weight is 266 g/mol. The number of hydrogen-bond acceptors (Lipinski definition) is 4. The molecule has 0 aromatic heterocycles. The van der Waals surface area contributed by atoms with Crippen molar-refractivity contribution in [3.8, 4) is 0 Å². The Balaban J connectivity index is 1.41. The molecule has 19 heavy (non-hydrogen) atoms. The van der Waals surface area contributed by atoms with E-state index in [0.29, 0.717) is 11.8 Å². The quantitative estimate of drug-likeness (QED) is 0.630. The van der Waals surface area contributed by atoms with Gasteiger partial charge < -0.3 is 0 Å². The van der Waals surface area contributed by atoms with Crippen molar-refractivity contribution in [2.45, 2.75) is 69.4 Å². The summed E-state index contributed by atoms with van der Waals surface area (Å²) < 4.78 is 0. The van der Waals surface area contributed by atoms with E-state index in [2.05, 4.69) is 0 Å². The summed E-state index contributed by atoms with van der Waals surface area (Å²) in [7, 11) is 0. The first-order valence-electron chi connectivity index (χ1n) is 8.02. The van der Waals surface area contributed by atoms with Crippen molar-refractivity contribution in [3.05, 3.63) is 0 Å². The summed E-state index contributed by atoms with van der Waals surface area (Å²) in [5.41, 5.74) is 0. The molecular weight excluding hydrogens is 244 g/mol. The van der Waals surface area contributed by atoms with Crippen LogP contribution in [0.3, 0.4) is 0 Å². The molecular formula is C15H22O4. The first-order valence-corrected chi connectivity index (χ1v) is 8.02. The Morgan fingerprint density at radius 3 is 1.68 bits per heavy atom. The highest BCUT2D eigenvalue weighted by molar-refractivity contribution is 5.03. The Kier molecular flexibility index (Phi) is 2.26. The van der Waals surface area contributed by atoms with Gasteiger partial charge in [0, 0.05) is 24.7 Å². The van der Waals surface area contributed by atoms with Crippen LogP contribution in [0.25, 0.3) is 0 Å². The highest BCUT2D eigenvalue weighted by Gasteiger charge is 2.64. The molecule has 6 fully saturated rings. The largest absolute Gasteiger partial charge is 0.239 e. The van der Waals surface area contributed by atoms with Gasteiger partial charge in [0.2, 0.25) is 11.6 Å². The molecule has 5 saturated carbocycles. The minimum absolute atomic E-state index is 0.475. The van der Waals surface area contributed by atoms with Crippen LogP contribution in [0.15, 0.2) is 0 Å². The van der Waals surface area contributed by atoms with Crippen LogP contribution < -0.4 is 0 Å². The van der Waals surface area contributed by atoms with E-state index in [4.69, 9.17) is 19.6 Å². The molecule has 0 radical (unpaired) electrons. The zero-order chi connectivity index (χ0) is 12.5. The molecule has 0 atom stereocenters. The molecule has 6 aliphatic rings. The van der Waals surface area contributed by atoms with E-state index in [1.165, 1.54) is 32.1 Å². The molecule has 4 bridgehead atoms. The fraction of sp³-hybridized carbons (Fsp3) is 1.00. The number of hydrogen-bond donors (Lipinski definition) is 0. The second-order valence-corrected chi connectivity index (χ2v) is 7.48.